The number of rotatable bonds is 7. The Kier molecular flexibility index (Phi) is 7.43. The zero-order valence-corrected chi connectivity index (χ0v) is 28.9. The molecular weight excluding hydrogens is 645 g/mol. The molecule has 3 aromatic heterocycles. The van der Waals surface area contributed by atoms with Crippen molar-refractivity contribution in [1.82, 2.24) is 14.1 Å². The predicted molar refractivity (Wildman–Crippen MR) is 221 cm³/mol. The molecule has 10 rings (SSSR count). The number of pyridine rings is 1. The van der Waals surface area contributed by atoms with Gasteiger partial charge in [-0.1, -0.05) is 109 Å². The Bertz CT molecular complexity index is 2760. The van der Waals surface area contributed by atoms with E-state index in [1.165, 1.54) is 38.3 Å². The second-order valence-corrected chi connectivity index (χ2v) is 13.3. The molecule has 0 saturated heterocycles. The lowest BCUT2D eigenvalue weighted by atomic mass is 10.0. The Morgan fingerprint density at radius 3 is 1.70 bits per heavy atom. The van der Waals surface area contributed by atoms with Crippen LogP contribution in [0.15, 0.2) is 207 Å². The van der Waals surface area contributed by atoms with Crippen molar-refractivity contribution >= 4 is 49.8 Å². The molecule has 0 unspecified atom stereocenters. The lowest BCUT2D eigenvalue weighted by Crippen LogP contribution is -2.10. The summed E-state index contributed by atoms with van der Waals surface area (Å²) in [6, 6.07) is 69.2. The Balaban J connectivity index is 1.19. The van der Waals surface area contributed by atoms with Gasteiger partial charge >= 0.3 is 0 Å². The van der Waals surface area contributed by atoms with Crippen molar-refractivity contribution in [3.8, 4) is 33.8 Å². The second kappa shape index (κ2) is 12.9. The third-order valence-electron chi connectivity index (χ3n) is 10.2. The van der Waals surface area contributed by atoms with Gasteiger partial charge < -0.3 is 14.0 Å². The van der Waals surface area contributed by atoms with Crippen LogP contribution in [0.2, 0.25) is 0 Å². The van der Waals surface area contributed by atoms with Gasteiger partial charge in [0.15, 0.2) is 0 Å². The molecule has 7 aromatic carbocycles. The first-order chi connectivity index (χ1) is 26.3. The van der Waals surface area contributed by atoms with Crippen LogP contribution >= 0.6 is 0 Å². The Hall–Kier alpha value is -7.17. The van der Waals surface area contributed by atoms with Crippen molar-refractivity contribution in [3.63, 3.8) is 0 Å². The van der Waals surface area contributed by atoms with Gasteiger partial charge in [0, 0.05) is 62.6 Å². The number of nitrogens with zero attached hydrogens (tertiary/aromatic N) is 4. The molecule has 0 saturated carbocycles. The van der Waals surface area contributed by atoms with Crippen molar-refractivity contribution in [1.29, 1.82) is 0 Å². The second-order valence-electron chi connectivity index (χ2n) is 13.3. The fourth-order valence-corrected chi connectivity index (χ4v) is 7.69. The average molecular weight is 679 g/mol. The Labute approximate surface area is 308 Å². The number of para-hydroxylation sites is 2. The van der Waals surface area contributed by atoms with Crippen LogP contribution in [0, 0.1) is 0 Å². The van der Waals surface area contributed by atoms with E-state index in [4.69, 9.17) is 0 Å². The molecule has 0 spiro atoms. The van der Waals surface area contributed by atoms with E-state index in [2.05, 4.69) is 207 Å². The first-order valence-corrected chi connectivity index (χ1v) is 18.0. The highest BCUT2D eigenvalue weighted by molar-refractivity contribution is 6.19. The van der Waals surface area contributed by atoms with Crippen LogP contribution in [0.25, 0.3) is 66.5 Å². The minimum Gasteiger partial charge on any atom is -0.315 e. The summed E-state index contributed by atoms with van der Waals surface area (Å²) in [5.74, 6) is 0. The summed E-state index contributed by atoms with van der Waals surface area (Å²) >= 11 is 0. The smallest absolute Gasteiger partial charge is 0.0788 e. The number of aromatic nitrogens is 3. The highest BCUT2D eigenvalue weighted by atomic mass is 15.1. The summed E-state index contributed by atoms with van der Waals surface area (Å²) in [6.45, 7) is 0. The average Bonchev–Trinajstić information content (AvgIpc) is 3.82. The summed E-state index contributed by atoms with van der Waals surface area (Å²) in [4.78, 5) is 6.95. The molecule has 0 aliphatic heterocycles. The molecule has 250 valence electrons. The van der Waals surface area contributed by atoms with E-state index in [9.17, 15) is 0 Å². The van der Waals surface area contributed by atoms with E-state index >= 15 is 0 Å². The summed E-state index contributed by atoms with van der Waals surface area (Å²) in [7, 11) is 0. The lowest BCUT2D eigenvalue weighted by Gasteiger charge is -2.26. The van der Waals surface area contributed by atoms with Crippen LogP contribution in [0.1, 0.15) is 0 Å². The van der Waals surface area contributed by atoms with Crippen LogP contribution in [-0.2, 0) is 0 Å². The van der Waals surface area contributed by atoms with Crippen molar-refractivity contribution < 1.29 is 0 Å². The van der Waals surface area contributed by atoms with Gasteiger partial charge in [0.25, 0.3) is 0 Å². The van der Waals surface area contributed by atoms with Crippen LogP contribution in [0.4, 0.5) is 17.1 Å². The molecule has 0 atom stereocenters. The van der Waals surface area contributed by atoms with Gasteiger partial charge in [0.1, 0.15) is 0 Å². The van der Waals surface area contributed by atoms with Gasteiger partial charge in [-0.05, 0) is 96.1 Å². The van der Waals surface area contributed by atoms with Gasteiger partial charge in [-0.25, -0.2) is 0 Å². The largest absolute Gasteiger partial charge is 0.315 e. The van der Waals surface area contributed by atoms with E-state index in [0.29, 0.717) is 0 Å². The Morgan fingerprint density at radius 2 is 1.02 bits per heavy atom. The normalized spacial score (nSPS) is 11.4. The zero-order chi connectivity index (χ0) is 35.1. The molecule has 0 amide bonds. The maximum absolute atomic E-state index is 4.59. The van der Waals surface area contributed by atoms with Gasteiger partial charge in [-0.15, -0.1) is 0 Å². The standard InChI is InChI=1S/C49H34N4/c1-4-12-35(13-5-1)36-19-24-41(25-20-36)52(42-26-21-37(22-27-42)46-18-10-11-32-50-46)43-28-30-47-45(34-43)44-29-23-38-31-33-51(39-14-6-2-7-15-39)48(38)49(44)53(47)40-16-8-3-9-17-40/h1-34H. The van der Waals surface area contributed by atoms with E-state index in [1.807, 2.05) is 18.3 Å². The molecule has 3 heterocycles. The lowest BCUT2D eigenvalue weighted by molar-refractivity contribution is 1.12. The molecule has 0 radical (unpaired) electrons. The molecule has 0 fully saturated rings. The zero-order valence-electron chi connectivity index (χ0n) is 28.9. The molecule has 4 heteroatoms. The highest BCUT2D eigenvalue weighted by Gasteiger charge is 2.21. The Morgan fingerprint density at radius 1 is 0.415 bits per heavy atom. The minimum absolute atomic E-state index is 0.958. The number of benzene rings is 7. The molecule has 0 bridgehead atoms. The maximum atomic E-state index is 4.59. The van der Waals surface area contributed by atoms with Crippen molar-refractivity contribution in [2.24, 2.45) is 0 Å². The number of fused-ring (bicyclic) bond motifs is 5. The van der Waals surface area contributed by atoms with Crippen LogP contribution in [-0.4, -0.2) is 14.1 Å². The molecule has 0 N–H and O–H groups in total. The van der Waals surface area contributed by atoms with Gasteiger partial charge in [-0.2, -0.15) is 0 Å². The van der Waals surface area contributed by atoms with Gasteiger partial charge in [0.2, 0.25) is 0 Å². The minimum atomic E-state index is 0.958. The SMILES string of the molecule is c1ccc(-c2ccc(N(c3ccc(-c4ccccn4)cc3)c3ccc4c(c3)c3ccc5ccn(-c6ccccc6)c5c3n4-c3ccccc3)cc2)cc1. The van der Waals surface area contributed by atoms with E-state index < -0.39 is 0 Å². The fourth-order valence-electron chi connectivity index (χ4n) is 7.69. The quantitative estimate of drug-likeness (QED) is 0.168. The van der Waals surface area contributed by atoms with Crippen LogP contribution < -0.4 is 4.90 Å². The van der Waals surface area contributed by atoms with Gasteiger partial charge in [-0.3, -0.25) is 4.98 Å². The number of anilines is 3. The van der Waals surface area contributed by atoms with Crippen molar-refractivity contribution in [3.05, 3.63) is 207 Å². The fraction of sp³-hybridized carbons (Fsp3) is 0. The van der Waals surface area contributed by atoms with E-state index in [-0.39, 0.29) is 0 Å². The molecule has 4 nitrogen and oxygen atoms in total. The molecule has 10 aromatic rings. The van der Waals surface area contributed by atoms with E-state index in [1.54, 1.807) is 0 Å². The third kappa shape index (κ3) is 5.36. The van der Waals surface area contributed by atoms with Crippen LogP contribution in [0.3, 0.4) is 0 Å². The third-order valence-corrected chi connectivity index (χ3v) is 10.2. The summed E-state index contributed by atoms with van der Waals surface area (Å²) in [5, 5.41) is 3.61. The highest BCUT2D eigenvalue weighted by Crippen LogP contribution is 2.42. The predicted octanol–water partition coefficient (Wildman–Crippen LogP) is 12.9. The molecular formula is C49H34N4. The first-order valence-electron chi connectivity index (χ1n) is 18.0. The summed E-state index contributed by atoms with van der Waals surface area (Å²) in [6.07, 6.45) is 4.03. The maximum Gasteiger partial charge on any atom is 0.0788 e. The van der Waals surface area contributed by atoms with E-state index in [0.717, 1.165) is 45.2 Å². The van der Waals surface area contributed by atoms with Crippen molar-refractivity contribution in [2.75, 3.05) is 4.90 Å². The summed E-state index contributed by atoms with van der Waals surface area (Å²) < 4.78 is 4.75. The van der Waals surface area contributed by atoms with Gasteiger partial charge in [0.05, 0.1) is 22.2 Å². The number of hydrogen-bond donors (Lipinski definition) is 0. The van der Waals surface area contributed by atoms with Crippen LogP contribution in [0.5, 0.6) is 0 Å². The molecule has 0 aliphatic carbocycles. The molecule has 0 aliphatic rings. The molecule has 53 heavy (non-hydrogen) atoms. The summed E-state index contributed by atoms with van der Waals surface area (Å²) in [5.41, 5.74) is 13.5. The monoisotopic (exact) mass is 678 g/mol. The number of hydrogen-bond acceptors (Lipinski definition) is 2. The first kappa shape index (κ1) is 30.6. The van der Waals surface area contributed by atoms with Crippen molar-refractivity contribution in [2.45, 2.75) is 0 Å². The topological polar surface area (TPSA) is 26.0 Å².